The SMILES string of the molecule is CNC1CC(OCCCc2ccc3c(n2)NCCC3)C1. The second kappa shape index (κ2) is 6.55. The number of nitrogens with zero attached hydrogens (tertiary/aromatic N) is 1. The van der Waals surface area contributed by atoms with Gasteiger partial charge in [0.25, 0.3) is 0 Å². The fourth-order valence-electron chi connectivity index (χ4n) is 2.95. The van der Waals surface area contributed by atoms with Gasteiger partial charge in [0.15, 0.2) is 0 Å². The van der Waals surface area contributed by atoms with E-state index in [9.17, 15) is 0 Å². The summed E-state index contributed by atoms with van der Waals surface area (Å²) >= 11 is 0. The summed E-state index contributed by atoms with van der Waals surface area (Å²) in [5.41, 5.74) is 2.55. The minimum absolute atomic E-state index is 0.477. The van der Waals surface area contributed by atoms with E-state index in [0.29, 0.717) is 12.1 Å². The maximum Gasteiger partial charge on any atom is 0.129 e. The molecule has 4 nitrogen and oxygen atoms in total. The number of anilines is 1. The van der Waals surface area contributed by atoms with Gasteiger partial charge in [-0.15, -0.1) is 0 Å². The van der Waals surface area contributed by atoms with Crippen LogP contribution in [0.4, 0.5) is 5.82 Å². The highest BCUT2D eigenvalue weighted by molar-refractivity contribution is 5.46. The number of pyridine rings is 1. The van der Waals surface area contributed by atoms with Crippen molar-refractivity contribution >= 4 is 5.82 Å². The summed E-state index contributed by atoms with van der Waals surface area (Å²) in [6.07, 6.45) is 7.26. The highest BCUT2D eigenvalue weighted by Gasteiger charge is 2.27. The summed E-state index contributed by atoms with van der Waals surface area (Å²) in [5, 5.41) is 6.67. The Labute approximate surface area is 121 Å². The predicted octanol–water partition coefficient (Wildman–Crippen LogP) is 2.14. The molecular weight excluding hydrogens is 250 g/mol. The van der Waals surface area contributed by atoms with Gasteiger partial charge in [-0.2, -0.15) is 0 Å². The molecule has 0 spiro atoms. The molecule has 0 saturated heterocycles. The zero-order chi connectivity index (χ0) is 13.8. The first-order valence-electron chi connectivity index (χ1n) is 7.86. The molecule has 2 heterocycles. The van der Waals surface area contributed by atoms with Crippen molar-refractivity contribution in [3.63, 3.8) is 0 Å². The predicted molar refractivity (Wildman–Crippen MR) is 81.2 cm³/mol. The van der Waals surface area contributed by atoms with Crippen LogP contribution in [0.1, 0.15) is 36.9 Å². The number of aryl methyl sites for hydroxylation is 2. The Morgan fingerprint density at radius 3 is 3.15 bits per heavy atom. The third-order valence-electron chi connectivity index (χ3n) is 4.39. The summed E-state index contributed by atoms with van der Waals surface area (Å²) < 4.78 is 5.86. The third kappa shape index (κ3) is 3.30. The minimum Gasteiger partial charge on any atom is -0.378 e. The number of ether oxygens (including phenoxy) is 1. The first kappa shape index (κ1) is 13.8. The fourth-order valence-corrected chi connectivity index (χ4v) is 2.95. The standard InChI is InChI=1S/C16H25N3O/c1-17-14-10-15(11-14)20-9-3-5-13-7-6-12-4-2-8-18-16(12)19-13/h6-7,14-15,17H,2-5,8-11H2,1H3,(H,18,19). The maximum atomic E-state index is 5.86. The lowest BCUT2D eigenvalue weighted by Gasteiger charge is -2.34. The fraction of sp³-hybridized carbons (Fsp3) is 0.688. The van der Waals surface area contributed by atoms with Gasteiger partial charge < -0.3 is 15.4 Å². The lowest BCUT2D eigenvalue weighted by molar-refractivity contribution is -0.0156. The van der Waals surface area contributed by atoms with Crippen LogP contribution >= 0.6 is 0 Å². The van der Waals surface area contributed by atoms with Crippen LogP contribution in [-0.4, -0.2) is 37.3 Å². The van der Waals surface area contributed by atoms with E-state index >= 15 is 0 Å². The molecule has 0 radical (unpaired) electrons. The van der Waals surface area contributed by atoms with Crippen LogP contribution in [0.25, 0.3) is 0 Å². The molecule has 2 aliphatic rings. The zero-order valence-electron chi connectivity index (χ0n) is 12.3. The van der Waals surface area contributed by atoms with Crippen molar-refractivity contribution < 1.29 is 4.74 Å². The molecule has 1 aliphatic heterocycles. The Morgan fingerprint density at radius 1 is 1.40 bits per heavy atom. The molecule has 0 bridgehead atoms. The molecule has 1 aromatic heterocycles. The summed E-state index contributed by atoms with van der Waals surface area (Å²) in [4.78, 5) is 4.71. The van der Waals surface area contributed by atoms with Crippen molar-refractivity contribution in [1.29, 1.82) is 0 Å². The molecular formula is C16H25N3O. The Kier molecular flexibility index (Phi) is 4.53. The number of nitrogens with one attached hydrogen (secondary N) is 2. The largest absolute Gasteiger partial charge is 0.378 e. The number of hydrogen-bond acceptors (Lipinski definition) is 4. The van der Waals surface area contributed by atoms with Gasteiger partial charge in [-0.3, -0.25) is 0 Å². The Bertz CT molecular complexity index is 443. The van der Waals surface area contributed by atoms with Gasteiger partial charge in [0.1, 0.15) is 5.82 Å². The normalized spacial score (nSPS) is 24.6. The molecule has 1 aliphatic carbocycles. The maximum absolute atomic E-state index is 5.86. The van der Waals surface area contributed by atoms with Gasteiger partial charge in [-0.25, -0.2) is 4.98 Å². The Morgan fingerprint density at radius 2 is 2.30 bits per heavy atom. The van der Waals surface area contributed by atoms with Crippen LogP contribution in [0, 0.1) is 0 Å². The van der Waals surface area contributed by atoms with Crippen molar-refractivity contribution in [2.24, 2.45) is 0 Å². The van der Waals surface area contributed by atoms with Gasteiger partial charge in [-0.05, 0) is 57.2 Å². The van der Waals surface area contributed by atoms with Crippen molar-refractivity contribution in [3.8, 4) is 0 Å². The lowest BCUT2D eigenvalue weighted by Crippen LogP contribution is -2.43. The zero-order valence-corrected chi connectivity index (χ0v) is 12.3. The smallest absolute Gasteiger partial charge is 0.129 e. The van der Waals surface area contributed by atoms with E-state index in [1.165, 1.54) is 17.7 Å². The molecule has 20 heavy (non-hydrogen) atoms. The number of fused-ring (bicyclic) bond motifs is 1. The Hall–Kier alpha value is -1.13. The van der Waals surface area contributed by atoms with E-state index in [1.54, 1.807) is 0 Å². The van der Waals surface area contributed by atoms with E-state index < -0.39 is 0 Å². The molecule has 3 rings (SSSR count). The minimum atomic E-state index is 0.477. The molecule has 0 aromatic carbocycles. The van der Waals surface area contributed by atoms with Gasteiger partial charge in [-0.1, -0.05) is 6.07 Å². The molecule has 110 valence electrons. The van der Waals surface area contributed by atoms with Crippen LogP contribution < -0.4 is 10.6 Å². The molecule has 1 saturated carbocycles. The average molecular weight is 275 g/mol. The molecule has 0 amide bonds. The van der Waals surface area contributed by atoms with Gasteiger partial charge in [0, 0.05) is 24.9 Å². The second-order valence-electron chi connectivity index (χ2n) is 5.89. The second-order valence-corrected chi connectivity index (χ2v) is 5.89. The van der Waals surface area contributed by atoms with Crippen molar-refractivity contribution in [2.45, 2.75) is 50.7 Å². The Balaban J connectivity index is 1.38. The van der Waals surface area contributed by atoms with Gasteiger partial charge in [0.05, 0.1) is 6.10 Å². The number of rotatable bonds is 6. The van der Waals surface area contributed by atoms with Crippen LogP contribution in [0.3, 0.4) is 0 Å². The third-order valence-corrected chi connectivity index (χ3v) is 4.39. The molecule has 2 N–H and O–H groups in total. The van der Waals surface area contributed by atoms with Crippen LogP contribution in [-0.2, 0) is 17.6 Å². The molecule has 0 unspecified atom stereocenters. The van der Waals surface area contributed by atoms with E-state index in [4.69, 9.17) is 9.72 Å². The molecule has 1 fully saturated rings. The van der Waals surface area contributed by atoms with E-state index in [1.807, 2.05) is 7.05 Å². The number of hydrogen-bond donors (Lipinski definition) is 2. The lowest BCUT2D eigenvalue weighted by atomic mass is 9.89. The van der Waals surface area contributed by atoms with E-state index in [0.717, 1.165) is 51.1 Å². The highest BCUT2D eigenvalue weighted by atomic mass is 16.5. The quantitative estimate of drug-likeness (QED) is 0.781. The first-order valence-corrected chi connectivity index (χ1v) is 7.86. The summed E-state index contributed by atoms with van der Waals surface area (Å²) in [6.45, 7) is 1.91. The van der Waals surface area contributed by atoms with Gasteiger partial charge in [0.2, 0.25) is 0 Å². The van der Waals surface area contributed by atoms with Crippen LogP contribution in [0.5, 0.6) is 0 Å². The highest BCUT2D eigenvalue weighted by Crippen LogP contribution is 2.23. The summed E-state index contributed by atoms with van der Waals surface area (Å²) in [5.74, 6) is 1.10. The molecule has 0 atom stereocenters. The van der Waals surface area contributed by atoms with Crippen LogP contribution in [0.15, 0.2) is 12.1 Å². The van der Waals surface area contributed by atoms with Crippen molar-refractivity contribution in [1.82, 2.24) is 10.3 Å². The molecule has 4 heteroatoms. The summed E-state index contributed by atoms with van der Waals surface area (Å²) in [7, 11) is 2.02. The van der Waals surface area contributed by atoms with Crippen LogP contribution in [0.2, 0.25) is 0 Å². The monoisotopic (exact) mass is 275 g/mol. The van der Waals surface area contributed by atoms with Crippen molar-refractivity contribution in [3.05, 3.63) is 23.4 Å². The number of aromatic nitrogens is 1. The van der Waals surface area contributed by atoms with Gasteiger partial charge >= 0.3 is 0 Å². The molecule has 1 aromatic rings. The summed E-state index contributed by atoms with van der Waals surface area (Å²) in [6, 6.07) is 5.08. The van der Waals surface area contributed by atoms with Crippen molar-refractivity contribution in [2.75, 3.05) is 25.5 Å². The first-order chi connectivity index (χ1) is 9.85. The topological polar surface area (TPSA) is 46.2 Å². The van der Waals surface area contributed by atoms with E-state index in [2.05, 4.69) is 22.8 Å². The average Bonchev–Trinajstić information content (AvgIpc) is 2.45. The van der Waals surface area contributed by atoms with E-state index in [-0.39, 0.29) is 0 Å².